The molecule has 0 heterocycles. The van der Waals surface area contributed by atoms with Gasteiger partial charge in [0.2, 0.25) is 10.0 Å². The Bertz CT molecular complexity index is 992. The van der Waals surface area contributed by atoms with Crippen LogP contribution >= 0.6 is 34.8 Å². The Balaban J connectivity index is 2.22. The molecule has 0 atom stereocenters. The average Bonchev–Trinajstić information content (AvgIpc) is 2.59. The van der Waals surface area contributed by atoms with E-state index in [9.17, 15) is 18.0 Å². The number of carbonyl (C=O) groups is 2. The molecule has 0 aliphatic carbocycles. The molecular weight excluding hydrogens is 437 g/mol. The van der Waals surface area contributed by atoms with Gasteiger partial charge in [0.05, 0.1) is 11.4 Å². The summed E-state index contributed by atoms with van der Waals surface area (Å²) in [6.45, 7) is -0.105. The van der Waals surface area contributed by atoms with Gasteiger partial charge in [0.25, 0.3) is 0 Å². The molecule has 0 radical (unpaired) electrons. The summed E-state index contributed by atoms with van der Waals surface area (Å²) in [5, 5.41) is 9.31. The van der Waals surface area contributed by atoms with Crippen molar-refractivity contribution in [3.05, 3.63) is 62.6 Å². The van der Waals surface area contributed by atoms with Crippen molar-refractivity contribution in [3.63, 3.8) is 0 Å². The molecule has 0 aliphatic rings. The second-order valence-corrected chi connectivity index (χ2v) is 8.51. The summed E-state index contributed by atoms with van der Waals surface area (Å²) in [7, 11) is -4.05. The zero-order valence-electron chi connectivity index (χ0n) is 13.7. The summed E-state index contributed by atoms with van der Waals surface area (Å²) < 4.78 is 27.5. The maximum atomic E-state index is 12.6. The summed E-state index contributed by atoms with van der Waals surface area (Å²) in [5.41, 5.74) is 0.569. The van der Waals surface area contributed by atoms with Crippen molar-refractivity contribution in [2.24, 2.45) is 0 Å². The largest absolute Gasteiger partial charge is 0.481 e. The first-order chi connectivity index (χ1) is 12.6. The maximum Gasteiger partial charge on any atom is 0.303 e. The molecule has 0 saturated heterocycles. The lowest BCUT2D eigenvalue weighted by molar-refractivity contribution is -0.136. The summed E-state index contributed by atoms with van der Waals surface area (Å²) in [6, 6.07) is 8.40. The van der Waals surface area contributed by atoms with E-state index < -0.39 is 21.8 Å². The fourth-order valence-electron chi connectivity index (χ4n) is 2.16. The highest BCUT2D eigenvalue weighted by Gasteiger charge is 2.21. The number of sulfonamides is 1. The van der Waals surface area contributed by atoms with Crippen LogP contribution in [0.2, 0.25) is 15.1 Å². The molecule has 27 heavy (non-hydrogen) atoms. The molecule has 2 aromatic carbocycles. The Labute approximate surface area is 171 Å². The second kappa shape index (κ2) is 9.03. The van der Waals surface area contributed by atoms with E-state index in [1.807, 2.05) is 0 Å². The highest BCUT2D eigenvalue weighted by molar-refractivity contribution is 7.89. The van der Waals surface area contributed by atoms with Crippen LogP contribution in [0.25, 0.3) is 0 Å². The Morgan fingerprint density at radius 1 is 0.963 bits per heavy atom. The molecular formula is C17H14Cl3NO5S. The fourth-order valence-corrected chi connectivity index (χ4v) is 4.17. The normalized spacial score (nSPS) is 11.4. The smallest absolute Gasteiger partial charge is 0.303 e. The third-order valence-electron chi connectivity index (χ3n) is 3.58. The highest BCUT2D eigenvalue weighted by atomic mass is 35.5. The fraction of sp³-hybridized carbons (Fsp3) is 0.176. The van der Waals surface area contributed by atoms with Crippen molar-refractivity contribution in [3.8, 4) is 0 Å². The lowest BCUT2D eigenvalue weighted by Gasteiger charge is -2.11. The van der Waals surface area contributed by atoms with Crippen molar-refractivity contribution in [1.29, 1.82) is 0 Å². The number of rotatable bonds is 8. The van der Waals surface area contributed by atoms with Crippen LogP contribution in [-0.4, -0.2) is 25.3 Å². The van der Waals surface area contributed by atoms with Gasteiger partial charge in [0.15, 0.2) is 5.78 Å². The first kappa shape index (κ1) is 21.7. The molecule has 2 N–H and O–H groups in total. The number of hydrogen-bond acceptors (Lipinski definition) is 4. The van der Waals surface area contributed by atoms with E-state index in [1.165, 1.54) is 18.2 Å². The number of carboxylic acids is 1. The van der Waals surface area contributed by atoms with E-state index in [2.05, 4.69) is 4.72 Å². The van der Waals surface area contributed by atoms with E-state index in [0.717, 1.165) is 6.07 Å². The average molecular weight is 451 g/mol. The number of Topliss-reactive ketones (excluding diaryl/α,β-unsaturated/α-hetero) is 1. The topological polar surface area (TPSA) is 101 Å². The molecule has 0 spiro atoms. The SMILES string of the molecule is O=C(O)CCC(=O)c1ccc(Cl)c(S(=O)(=O)NCc2ccc(Cl)cc2Cl)c1. The van der Waals surface area contributed by atoms with Crippen LogP contribution in [0.15, 0.2) is 41.3 Å². The van der Waals surface area contributed by atoms with Crippen molar-refractivity contribution in [2.75, 3.05) is 0 Å². The second-order valence-electron chi connectivity index (χ2n) is 5.52. The molecule has 6 nitrogen and oxygen atoms in total. The van der Waals surface area contributed by atoms with Gasteiger partial charge < -0.3 is 5.11 Å². The predicted molar refractivity (Wildman–Crippen MR) is 103 cm³/mol. The number of carboxylic acid groups (broad SMARTS) is 1. The molecule has 10 heteroatoms. The minimum Gasteiger partial charge on any atom is -0.481 e. The van der Waals surface area contributed by atoms with Crippen molar-refractivity contribution in [2.45, 2.75) is 24.3 Å². The van der Waals surface area contributed by atoms with E-state index in [1.54, 1.807) is 12.1 Å². The summed E-state index contributed by atoms with van der Waals surface area (Å²) in [5.74, 6) is -1.61. The van der Waals surface area contributed by atoms with Crippen LogP contribution < -0.4 is 4.72 Å². The minimum atomic E-state index is -4.05. The molecule has 0 unspecified atom stereocenters. The summed E-state index contributed by atoms with van der Waals surface area (Å²) in [4.78, 5) is 22.3. The number of aliphatic carboxylic acids is 1. The Morgan fingerprint density at radius 3 is 2.30 bits per heavy atom. The van der Waals surface area contributed by atoms with Gasteiger partial charge >= 0.3 is 5.97 Å². The van der Waals surface area contributed by atoms with Crippen molar-refractivity contribution >= 4 is 56.6 Å². The third-order valence-corrected chi connectivity index (χ3v) is 6.05. The van der Waals surface area contributed by atoms with Crippen molar-refractivity contribution in [1.82, 2.24) is 4.72 Å². The molecule has 0 aliphatic heterocycles. The third kappa shape index (κ3) is 5.92. The predicted octanol–water partition coefficient (Wildman–Crippen LogP) is 4.17. The van der Waals surface area contributed by atoms with E-state index in [4.69, 9.17) is 39.9 Å². The molecule has 0 bridgehead atoms. The molecule has 2 rings (SSSR count). The number of ketones is 1. The Morgan fingerprint density at radius 2 is 1.67 bits per heavy atom. The van der Waals surface area contributed by atoms with Crippen molar-refractivity contribution < 1.29 is 23.1 Å². The summed E-state index contributed by atoms with van der Waals surface area (Å²) >= 11 is 17.8. The minimum absolute atomic E-state index is 0.0607. The molecule has 0 amide bonds. The van der Waals surface area contributed by atoms with Gasteiger partial charge in [-0.2, -0.15) is 0 Å². The van der Waals surface area contributed by atoms with Gasteiger partial charge in [0, 0.05) is 28.6 Å². The van der Waals surface area contributed by atoms with Gasteiger partial charge in [-0.25, -0.2) is 13.1 Å². The monoisotopic (exact) mass is 449 g/mol. The lowest BCUT2D eigenvalue weighted by Crippen LogP contribution is -2.24. The number of hydrogen-bond donors (Lipinski definition) is 2. The maximum absolute atomic E-state index is 12.6. The molecule has 0 aromatic heterocycles. The standard InChI is InChI=1S/C17H14Cl3NO5S/c18-12-3-1-11(14(20)8-12)9-21-27(25,26)16-7-10(2-4-13(16)19)15(22)5-6-17(23)24/h1-4,7-8,21H,5-6,9H2,(H,23,24). The Kier molecular flexibility index (Phi) is 7.25. The molecule has 144 valence electrons. The number of halogens is 3. The Hall–Kier alpha value is -1.64. The van der Waals surface area contributed by atoms with E-state index in [-0.39, 0.29) is 34.9 Å². The molecule has 0 saturated carbocycles. The van der Waals surface area contributed by atoms with Crippen LogP contribution in [-0.2, 0) is 21.4 Å². The van der Waals surface area contributed by atoms with Gasteiger partial charge in [-0.1, -0.05) is 40.9 Å². The zero-order valence-corrected chi connectivity index (χ0v) is 16.8. The lowest BCUT2D eigenvalue weighted by atomic mass is 10.1. The van der Waals surface area contributed by atoms with E-state index in [0.29, 0.717) is 15.6 Å². The van der Waals surface area contributed by atoms with Crippen LogP contribution in [0.3, 0.4) is 0 Å². The van der Waals surface area contributed by atoms with Gasteiger partial charge in [-0.3, -0.25) is 9.59 Å². The first-order valence-electron chi connectivity index (χ1n) is 7.58. The zero-order chi connectivity index (χ0) is 20.2. The number of carbonyl (C=O) groups excluding carboxylic acids is 1. The van der Waals surface area contributed by atoms with Crippen LogP contribution in [0.5, 0.6) is 0 Å². The molecule has 0 fully saturated rings. The van der Waals surface area contributed by atoms with Gasteiger partial charge in [0.1, 0.15) is 4.90 Å². The number of benzene rings is 2. The quantitative estimate of drug-likeness (QED) is 0.588. The van der Waals surface area contributed by atoms with Crippen LogP contribution in [0.1, 0.15) is 28.8 Å². The van der Waals surface area contributed by atoms with Crippen LogP contribution in [0, 0.1) is 0 Å². The van der Waals surface area contributed by atoms with Gasteiger partial charge in [-0.15, -0.1) is 0 Å². The highest BCUT2D eigenvalue weighted by Crippen LogP contribution is 2.25. The summed E-state index contributed by atoms with van der Waals surface area (Å²) in [6.07, 6.45) is -0.596. The van der Waals surface area contributed by atoms with Gasteiger partial charge in [-0.05, 0) is 35.9 Å². The number of nitrogens with one attached hydrogen (secondary N) is 1. The van der Waals surface area contributed by atoms with E-state index >= 15 is 0 Å². The molecule has 2 aromatic rings. The first-order valence-corrected chi connectivity index (χ1v) is 10.2. The van der Waals surface area contributed by atoms with Crippen LogP contribution in [0.4, 0.5) is 0 Å².